The van der Waals surface area contributed by atoms with Gasteiger partial charge in [-0.3, -0.25) is 4.79 Å². The number of carbonyl (C=O) groups is 2. The molecule has 0 radical (unpaired) electrons. The lowest BCUT2D eigenvalue weighted by Gasteiger charge is -2.19. The Hall–Kier alpha value is -2.12. The van der Waals surface area contributed by atoms with Gasteiger partial charge < -0.3 is 26.0 Å². The maximum atomic E-state index is 12.0. The number of aliphatic hydroxyl groups excluding tert-OH is 1. The Morgan fingerprint density at radius 2 is 2.00 bits per heavy atom. The van der Waals surface area contributed by atoms with Crippen LogP contribution in [0.15, 0.2) is 24.3 Å². The van der Waals surface area contributed by atoms with Gasteiger partial charge in [-0.1, -0.05) is 12.1 Å². The maximum Gasteiger partial charge on any atom is 0.326 e. The number of carboxylic acids is 1. The van der Waals surface area contributed by atoms with Crippen LogP contribution in [-0.2, 0) is 16.0 Å². The average molecular weight is 294 g/mol. The van der Waals surface area contributed by atoms with Crippen LogP contribution in [0.4, 0.5) is 0 Å². The van der Waals surface area contributed by atoms with E-state index in [0.29, 0.717) is 18.5 Å². The van der Waals surface area contributed by atoms with Gasteiger partial charge in [0.2, 0.25) is 5.91 Å². The SMILES string of the molecule is O=C(O)[C@H](Cc1ccc(O)cc1)NC(=O)[C@H]1NCCC1O. The van der Waals surface area contributed by atoms with Gasteiger partial charge in [0.1, 0.15) is 17.8 Å². The number of rotatable bonds is 5. The highest BCUT2D eigenvalue weighted by molar-refractivity contribution is 5.87. The molecule has 5 N–H and O–H groups in total. The van der Waals surface area contributed by atoms with E-state index < -0.39 is 30.1 Å². The predicted octanol–water partition coefficient (Wildman–Crippen LogP) is -0.773. The molecule has 7 heteroatoms. The minimum absolute atomic E-state index is 0.0907. The second kappa shape index (κ2) is 6.55. The molecule has 1 unspecified atom stereocenters. The fourth-order valence-corrected chi connectivity index (χ4v) is 2.29. The molecule has 114 valence electrons. The van der Waals surface area contributed by atoms with Crippen LogP contribution in [0.2, 0.25) is 0 Å². The van der Waals surface area contributed by atoms with E-state index in [-0.39, 0.29) is 12.2 Å². The number of aliphatic carboxylic acids is 1. The lowest BCUT2D eigenvalue weighted by molar-refractivity contribution is -0.142. The van der Waals surface area contributed by atoms with Crippen LogP contribution in [0.3, 0.4) is 0 Å². The van der Waals surface area contributed by atoms with E-state index in [9.17, 15) is 24.9 Å². The van der Waals surface area contributed by atoms with E-state index in [4.69, 9.17) is 0 Å². The molecule has 1 aliphatic rings. The Balaban J connectivity index is 2.00. The van der Waals surface area contributed by atoms with E-state index in [1.807, 2.05) is 0 Å². The van der Waals surface area contributed by atoms with E-state index >= 15 is 0 Å². The van der Waals surface area contributed by atoms with Crippen molar-refractivity contribution in [3.8, 4) is 5.75 Å². The lowest BCUT2D eigenvalue weighted by atomic mass is 10.0. The Morgan fingerprint density at radius 1 is 1.33 bits per heavy atom. The molecule has 0 spiro atoms. The molecule has 2 rings (SSSR count). The van der Waals surface area contributed by atoms with E-state index in [1.165, 1.54) is 12.1 Å². The van der Waals surface area contributed by atoms with Crippen molar-refractivity contribution < 1.29 is 24.9 Å². The van der Waals surface area contributed by atoms with Gasteiger partial charge in [-0.2, -0.15) is 0 Å². The number of nitrogens with one attached hydrogen (secondary N) is 2. The summed E-state index contributed by atoms with van der Waals surface area (Å²) in [6.07, 6.45) is -0.231. The molecule has 0 saturated carbocycles. The summed E-state index contributed by atoms with van der Waals surface area (Å²) >= 11 is 0. The molecule has 3 atom stereocenters. The van der Waals surface area contributed by atoms with Crippen LogP contribution >= 0.6 is 0 Å². The third-order valence-electron chi connectivity index (χ3n) is 3.46. The molecule has 1 fully saturated rings. The second-order valence-corrected chi connectivity index (χ2v) is 5.06. The first-order chi connectivity index (χ1) is 9.97. The number of benzene rings is 1. The Bertz CT molecular complexity index is 517. The number of carbonyl (C=O) groups excluding carboxylic acids is 1. The van der Waals surface area contributed by atoms with Crippen LogP contribution in [-0.4, -0.2) is 51.9 Å². The number of aliphatic hydroxyl groups is 1. The number of aromatic hydroxyl groups is 1. The van der Waals surface area contributed by atoms with E-state index in [2.05, 4.69) is 10.6 Å². The number of hydrogen-bond donors (Lipinski definition) is 5. The normalized spacial score (nSPS) is 22.7. The van der Waals surface area contributed by atoms with Gasteiger partial charge in [0.25, 0.3) is 0 Å². The van der Waals surface area contributed by atoms with Crippen molar-refractivity contribution in [1.29, 1.82) is 0 Å². The molecule has 21 heavy (non-hydrogen) atoms. The number of carboxylic acid groups (broad SMARTS) is 1. The molecular weight excluding hydrogens is 276 g/mol. The molecule has 1 amide bonds. The predicted molar refractivity (Wildman–Crippen MR) is 73.8 cm³/mol. The van der Waals surface area contributed by atoms with Crippen LogP contribution in [0.25, 0.3) is 0 Å². The van der Waals surface area contributed by atoms with Gasteiger partial charge in [0.15, 0.2) is 0 Å². The zero-order chi connectivity index (χ0) is 15.4. The highest BCUT2D eigenvalue weighted by Gasteiger charge is 2.33. The number of phenolic OH excluding ortho intramolecular Hbond substituents is 1. The summed E-state index contributed by atoms with van der Waals surface area (Å²) in [4.78, 5) is 23.2. The van der Waals surface area contributed by atoms with Crippen LogP contribution < -0.4 is 10.6 Å². The first-order valence-electron chi connectivity index (χ1n) is 6.70. The summed E-state index contributed by atoms with van der Waals surface area (Å²) in [6.45, 7) is 0.523. The molecular formula is C14H18N2O5. The fourth-order valence-electron chi connectivity index (χ4n) is 2.29. The zero-order valence-corrected chi connectivity index (χ0v) is 11.3. The van der Waals surface area contributed by atoms with Gasteiger partial charge in [-0.05, 0) is 30.7 Å². The molecule has 1 aromatic rings. The van der Waals surface area contributed by atoms with Gasteiger partial charge in [0.05, 0.1) is 6.10 Å². The van der Waals surface area contributed by atoms with Crippen LogP contribution in [0.1, 0.15) is 12.0 Å². The van der Waals surface area contributed by atoms with Crippen LogP contribution in [0.5, 0.6) is 5.75 Å². The minimum atomic E-state index is -1.15. The summed E-state index contributed by atoms with van der Waals surface area (Å²) in [5.41, 5.74) is 0.681. The molecule has 0 aromatic heterocycles. The van der Waals surface area contributed by atoms with Crippen LogP contribution in [0, 0.1) is 0 Å². The monoisotopic (exact) mass is 294 g/mol. The summed E-state index contributed by atoms with van der Waals surface area (Å²) in [5.74, 6) is -1.58. The first kappa shape index (κ1) is 15.3. The number of hydrogen-bond acceptors (Lipinski definition) is 5. The smallest absolute Gasteiger partial charge is 0.326 e. The Labute approximate surface area is 121 Å². The fraction of sp³-hybridized carbons (Fsp3) is 0.429. The third-order valence-corrected chi connectivity index (χ3v) is 3.46. The van der Waals surface area contributed by atoms with Gasteiger partial charge in [-0.15, -0.1) is 0 Å². The van der Waals surface area contributed by atoms with E-state index in [0.717, 1.165) is 0 Å². The highest BCUT2D eigenvalue weighted by atomic mass is 16.4. The van der Waals surface area contributed by atoms with Crippen molar-refractivity contribution in [3.05, 3.63) is 29.8 Å². The average Bonchev–Trinajstić information content (AvgIpc) is 2.86. The largest absolute Gasteiger partial charge is 0.508 e. The Morgan fingerprint density at radius 3 is 2.52 bits per heavy atom. The quantitative estimate of drug-likeness (QED) is 0.486. The molecule has 0 aliphatic carbocycles. The lowest BCUT2D eigenvalue weighted by Crippen LogP contribution is -2.52. The standard InChI is InChI=1S/C14H18N2O5/c17-9-3-1-8(2-4-9)7-10(14(20)21)16-13(19)12-11(18)5-6-15-12/h1-4,10-12,15,17-18H,5-7H2,(H,16,19)(H,20,21)/t10-,11?,12-/m0/s1. The van der Waals surface area contributed by atoms with Crippen molar-refractivity contribution in [2.24, 2.45) is 0 Å². The molecule has 0 bridgehead atoms. The first-order valence-corrected chi connectivity index (χ1v) is 6.70. The van der Waals surface area contributed by atoms with Crippen molar-refractivity contribution in [3.63, 3.8) is 0 Å². The number of phenols is 1. The van der Waals surface area contributed by atoms with Gasteiger partial charge in [-0.25, -0.2) is 4.79 Å². The Kier molecular flexibility index (Phi) is 4.77. The van der Waals surface area contributed by atoms with Crippen molar-refractivity contribution in [2.75, 3.05) is 6.54 Å². The zero-order valence-electron chi connectivity index (χ0n) is 11.3. The maximum absolute atomic E-state index is 12.0. The summed E-state index contributed by atoms with van der Waals surface area (Å²) in [6, 6.07) is 4.25. The van der Waals surface area contributed by atoms with Gasteiger partial charge in [0, 0.05) is 6.42 Å². The molecule has 1 saturated heterocycles. The molecule has 1 aliphatic heterocycles. The van der Waals surface area contributed by atoms with Crippen molar-refractivity contribution in [1.82, 2.24) is 10.6 Å². The topological polar surface area (TPSA) is 119 Å². The summed E-state index contributed by atoms with van der Waals surface area (Å²) in [5, 5.41) is 33.3. The summed E-state index contributed by atoms with van der Waals surface area (Å²) < 4.78 is 0. The third kappa shape index (κ3) is 3.93. The van der Waals surface area contributed by atoms with Gasteiger partial charge >= 0.3 is 5.97 Å². The summed E-state index contributed by atoms with van der Waals surface area (Å²) in [7, 11) is 0. The highest BCUT2D eigenvalue weighted by Crippen LogP contribution is 2.12. The minimum Gasteiger partial charge on any atom is -0.508 e. The van der Waals surface area contributed by atoms with E-state index in [1.54, 1.807) is 12.1 Å². The molecule has 1 heterocycles. The number of amides is 1. The molecule has 1 aromatic carbocycles. The van der Waals surface area contributed by atoms with Crippen molar-refractivity contribution in [2.45, 2.75) is 31.0 Å². The second-order valence-electron chi connectivity index (χ2n) is 5.06. The molecule has 7 nitrogen and oxygen atoms in total. The van der Waals surface area contributed by atoms with Crippen molar-refractivity contribution >= 4 is 11.9 Å².